The van der Waals surface area contributed by atoms with E-state index in [9.17, 15) is 13.5 Å². The number of nitrogen functional groups attached to an aromatic ring is 2. The van der Waals surface area contributed by atoms with E-state index < -0.39 is 22.0 Å². The van der Waals surface area contributed by atoms with Gasteiger partial charge in [0.1, 0.15) is 0 Å². The molecule has 0 saturated carbocycles. The summed E-state index contributed by atoms with van der Waals surface area (Å²) in [7, 11) is -3.21. The van der Waals surface area contributed by atoms with Crippen LogP contribution < -0.4 is 16.8 Å². The molecule has 152 valence electrons. The molecule has 2 atom stereocenters. The minimum absolute atomic E-state index is 0.0128. The van der Waals surface area contributed by atoms with Crippen molar-refractivity contribution in [3.63, 3.8) is 0 Å². The van der Waals surface area contributed by atoms with Crippen LogP contribution in [0.25, 0.3) is 0 Å². The molecule has 0 spiro atoms. The first kappa shape index (κ1) is 20.6. The van der Waals surface area contributed by atoms with Crippen LogP contribution in [0.15, 0.2) is 48.5 Å². The first-order chi connectivity index (χ1) is 13.3. The fourth-order valence-corrected chi connectivity index (χ4v) is 5.30. The van der Waals surface area contributed by atoms with Crippen molar-refractivity contribution in [1.29, 1.82) is 0 Å². The van der Waals surface area contributed by atoms with E-state index in [4.69, 9.17) is 11.5 Å². The molecule has 0 radical (unpaired) electrons. The smallest absolute Gasteiger partial charge is 0.154 e. The first-order valence-electron chi connectivity index (χ1n) is 9.34. The lowest BCUT2D eigenvalue weighted by Gasteiger charge is -2.30. The van der Waals surface area contributed by atoms with Gasteiger partial charge in [-0.15, -0.1) is 0 Å². The van der Waals surface area contributed by atoms with E-state index in [-0.39, 0.29) is 11.5 Å². The monoisotopic (exact) mass is 404 g/mol. The molecule has 1 saturated heterocycles. The molecule has 1 fully saturated rings. The second-order valence-electron chi connectivity index (χ2n) is 7.34. The van der Waals surface area contributed by atoms with E-state index in [0.29, 0.717) is 31.9 Å². The van der Waals surface area contributed by atoms with E-state index in [1.54, 1.807) is 0 Å². The summed E-state index contributed by atoms with van der Waals surface area (Å²) in [5.41, 5.74) is 15.0. The quantitative estimate of drug-likeness (QED) is 0.375. The van der Waals surface area contributed by atoms with E-state index in [1.165, 1.54) is 0 Å². The standard InChI is InChI=1S/C20H28N4O3S/c21-17-5-1-15(2-6-17)11-23-9-10-24(12-16-3-7-18(22)8-4-16)19-13-28(26,27)14-20(19)25/h1-8,19-20,23,25H,9-14,21-22H2/t19-,20-/m0/s1. The van der Waals surface area contributed by atoms with Crippen molar-refractivity contribution in [3.05, 3.63) is 59.7 Å². The topological polar surface area (TPSA) is 122 Å². The molecular formula is C20H28N4O3S. The van der Waals surface area contributed by atoms with E-state index in [1.807, 2.05) is 53.4 Å². The lowest BCUT2D eigenvalue weighted by molar-refractivity contribution is 0.0786. The Balaban J connectivity index is 1.62. The third kappa shape index (κ3) is 5.68. The summed E-state index contributed by atoms with van der Waals surface area (Å²) in [6.07, 6.45) is -0.865. The highest BCUT2D eigenvalue weighted by Gasteiger charge is 2.39. The van der Waals surface area contributed by atoms with Crippen molar-refractivity contribution in [2.45, 2.75) is 25.2 Å². The molecule has 2 aromatic rings. The van der Waals surface area contributed by atoms with E-state index >= 15 is 0 Å². The molecule has 3 rings (SSSR count). The molecule has 28 heavy (non-hydrogen) atoms. The zero-order chi connectivity index (χ0) is 20.1. The Morgan fingerprint density at radius 2 is 1.54 bits per heavy atom. The second kappa shape index (κ2) is 8.91. The normalized spacial score (nSPS) is 21.2. The Hall–Kier alpha value is -2.13. The number of nitrogens with zero attached hydrogens (tertiary/aromatic N) is 1. The van der Waals surface area contributed by atoms with Gasteiger partial charge in [0.25, 0.3) is 0 Å². The predicted molar refractivity (Wildman–Crippen MR) is 112 cm³/mol. The van der Waals surface area contributed by atoms with Gasteiger partial charge in [-0.25, -0.2) is 8.42 Å². The Morgan fingerprint density at radius 1 is 0.964 bits per heavy atom. The van der Waals surface area contributed by atoms with Gasteiger partial charge in [-0.1, -0.05) is 24.3 Å². The van der Waals surface area contributed by atoms with Gasteiger partial charge in [0.05, 0.1) is 23.7 Å². The number of benzene rings is 2. The fraction of sp³-hybridized carbons (Fsp3) is 0.400. The van der Waals surface area contributed by atoms with Crippen molar-refractivity contribution >= 4 is 21.2 Å². The molecule has 8 heteroatoms. The number of aliphatic hydroxyl groups is 1. The maximum Gasteiger partial charge on any atom is 0.154 e. The highest BCUT2D eigenvalue weighted by atomic mass is 32.2. The van der Waals surface area contributed by atoms with E-state index in [0.717, 1.165) is 16.8 Å². The molecule has 1 heterocycles. The maximum atomic E-state index is 12.0. The highest BCUT2D eigenvalue weighted by Crippen LogP contribution is 2.21. The van der Waals surface area contributed by atoms with Crippen LogP contribution in [0.2, 0.25) is 0 Å². The number of nitrogens with one attached hydrogen (secondary N) is 1. The summed E-state index contributed by atoms with van der Waals surface area (Å²) in [6, 6.07) is 14.8. The highest BCUT2D eigenvalue weighted by molar-refractivity contribution is 7.91. The number of rotatable bonds is 8. The lowest BCUT2D eigenvalue weighted by Crippen LogP contribution is -2.45. The van der Waals surface area contributed by atoms with Crippen molar-refractivity contribution < 1.29 is 13.5 Å². The molecule has 2 aromatic carbocycles. The predicted octanol–water partition coefficient (Wildman–Crippen LogP) is 0.601. The summed E-state index contributed by atoms with van der Waals surface area (Å²) in [5.74, 6) is -0.185. The molecule has 0 aliphatic carbocycles. The maximum absolute atomic E-state index is 12.0. The summed E-state index contributed by atoms with van der Waals surface area (Å²) in [6.45, 7) is 2.54. The molecule has 0 aromatic heterocycles. The van der Waals surface area contributed by atoms with Gasteiger partial charge in [-0.2, -0.15) is 0 Å². The van der Waals surface area contributed by atoms with E-state index in [2.05, 4.69) is 5.32 Å². The minimum Gasteiger partial charge on any atom is -0.399 e. The van der Waals surface area contributed by atoms with Gasteiger partial charge in [-0.3, -0.25) is 4.90 Å². The first-order valence-corrected chi connectivity index (χ1v) is 11.2. The third-order valence-electron chi connectivity index (χ3n) is 5.01. The molecule has 6 N–H and O–H groups in total. The zero-order valence-corrected chi connectivity index (χ0v) is 16.6. The Labute approximate surface area is 166 Å². The van der Waals surface area contributed by atoms with Crippen molar-refractivity contribution in [2.24, 2.45) is 0 Å². The molecule has 0 bridgehead atoms. The Morgan fingerprint density at radius 3 is 2.07 bits per heavy atom. The van der Waals surface area contributed by atoms with Crippen LogP contribution in [0.4, 0.5) is 11.4 Å². The largest absolute Gasteiger partial charge is 0.399 e. The van der Waals surface area contributed by atoms with Crippen LogP contribution in [0, 0.1) is 0 Å². The minimum atomic E-state index is -3.21. The molecular weight excluding hydrogens is 376 g/mol. The van der Waals surface area contributed by atoms with Crippen LogP contribution in [0.3, 0.4) is 0 Å². The summed E-state index contributed by atoms with van der Waals surface area (Å²) >= 11 is 0. The number of hydrogen-bond acceptors (Lipinski definition) is 7. The Kier molecular flexibility index (Phi) is 6.56. The SMILES string of the molecule is Nc1ccc(CNCCN(Cc2ccc(N)cc2)[C@H]2CS(=O)(=O)C[C@@H]2O)cc1. The van der Waals surface area contributed by atoms with Crippen LogP contribution in [0.1, 0.15) is 11.1 Å². The van der Waals surface area contributed by atoms with Crippen LogP contribution in [-0.2, 0) is 22.9 Å². The van der Waals surface area contributed by atoms with Crippen LogP contribution in [0.5, 0.6) is 0 Å². The van der Waals surface area contributed by atoms with Crippen LogP contribution in [-0.4, -0.2) is 55.2 Å². The zero-order valence-electron chi connectivity index (χ0n) is 15.8. The number of hydrogen-bond donors (Lipinski definition) is 4. The van der Waals surface area contributed by atoms with Gasteiger partial charge >= 0.3 is 0 Å². The molecule has 1 aliphatic rings. The van der Waals surface area contributed by atoms with Gasteiger partial charge in [-0.05, 0) is 35.4 Å². The summed E-state index contributed by atoms with van der Waals surface area (Å²) < 4.78 is 23.9. The average molecular weight is 405 g/mol. The number of anilines is 2. The molecule has 7 nitrogen and oxygen atoms in total. The van der Waals surface area contributed by atoms with Gasteiger partial charge in [0, 0.05) is 37.6 Å². The number of aliphatic hydroxyl groups excluding tert-OH is 1. The second-order valence-corrected chi connectivity index (χ2v) is 9.50. The molecule has 0 unspecified atom stereocenters. The van der Waals surface area contributed by atoms with Gasteiger partial charge in [0.15, 0.2) is 9.84 Å². The number of nitrogens with two attached hydrogens (primary N) is 2. The third-order valence-corrected chi connectivity index (χ3v) is 6.71. The van der Waals surface area contributed by atoms with Crippen molar-refractivity contribution in [1.82, 2.24) is 10.2 Å². The Bertz CT molecular complexity index is 869. The van der Waals surface area contributed by atoms with Gasteiger partial charge in [0.2, 0.25) is 0 Å². The average Bonchev–Trinajstić information content (AvgIpc) is 2.93. The number of sulfone groups is 1. The van der Waals surface area contributed by atoms with Crippen molar-refractivity contribution in [3.8, 4) is 0 Å². The molecule has 0 amide bonds. The fourth-order valence-electron chi connectivity index (χ4n) is 3.47. The van der Waals surface area contributed by atoms with Gasteiger partial charge < -0.3 is 21.9 Å². The molecule has 1 aliphatic heterocycles. The van der Waals surface area contributed by atoms with Crippen LogP contribution >= 0.6 is 0 Å². The van der Waals surface area contributed by atoms with Crippen molar-refractivity contribution in [2.75, 3.05) is 36.1 Å². The summed E-state index contributed by atoms with van der Waals surface area (Å²) in [4.78, 5) is 2.04. The lowest BCUT2D eigenvalue weighted by atomic mass is 10.1. The summed E-state index contributed by atoms with van der Waals surface area (Å²) in [5, 5.41) is 13.7.